The molecule has 0 spiro atoms. The third-order valence-corrected chi connectivity index (χ3v) is 6.18. The molecule has 27 heavy (non-hydrogen) atoms. The molecule has 3 rings (SSSR count). The van der Waals surface area contributed by atoms with Crippen LogP contribution in [-0.4, -0.2) is 29.1 Å². The van der Waals surface area contributed by atoms with Crippen LogP contribution in [0.3, 0.4) is 0 Å². The van der Waals surface area contributed by atoms with Crippen molar-refractivity contribution < 1.29 is 4.79 Å². The summed E-state index contributed by atoms with van der Waals surface area (Å²) in [6, 6.07) is 8.32. The van der Waals surface area contributed by atoms with E-state index in [1.807, 2.05) is 12.1 Å². The van der Waals surface area contributed by atoms with Gasteiger partial charge in [0.1, 0.15) is 0 Å². The number of unbranched alkanes of at least 4 members (excludes halogenated alkanes) is 3. The van der Waals surface area contributed by atoms with Crippen molar-refractivity contribution in [2.45, 2.75) is 65.2 Å². The fourth-order valence-corrected chi connectivity index (χ4v) is 4.68. The summed E-state index contributed by atoms with van der Waals surface area (Å²) in [4.78, 5) is 20.6. The molecule has 1 amide bonds. The van der Waals surface area contributed by atoms with Crippen molar-refractivity contribution in [3.63, 3.8) is 0 Å². The van der Waals surface area contributed by atoms with Gasteiger partial charge in [0.05, 0.1) is 4.91 Å². The predicted molar refractivity (Wildman–Crippen MR) is 116 cm³/mol. The molecule has 0 aromatic heterocycles. The van der Waals surface area contributed by atoms with E-state index in [1.54, 1.807) is 0 Å². The lowest BCUT2D eigenvalue weighted by Crippen LogP contribution is -2.29. The van der Waals surface area contributed by atoms with E-state index < -0.39 is 0 Å². The second kappa shape index (κ2) is 9.98. The van der Waals surface area contributed by atoms with Crippen molar-refractivity contribution >= 4 is 28.5 Å². The maximum Gasteiger partial charge on any atom is 0.264 e. The number of fused-ring (bicyclic) bond motifs is 1. The highest BCUT2D eigenvalue weighted by molar-refractivity contribution is 8.18. The molecule has 5 heteroatoms. The summed E-state index contributed by atoms with van der Waals surface area (Å²) in [5.74, 6) is -0.00348. The number of allylic oxidation sites excluding steroid dienone is 1. The van der Waals surface area contributed by atoms with Gasteiger partial charge < -0.3 is 10.2 Å². The predicted octanol–water partition coefficient (Wildman–Crippen LogP) is 5.57. The number of anilines is 1. The van der Waals surface area contributed by atoms with Crippen LogP contribution in [-0.2, 0) is 11.2 Å². The number of hydrogen-bond donors (Lipinski definition) is 1. The number of carbonyl (C=O) groups is 1. The summed E-state index contributed by atoms with van der Waals surface area (Å²) >= 11 is 1.53. The van der Waals surface area contributed by atoms with Gasteiger partial charge in [-0.1, -0.05) is 51.7 Å². The number of nitrogens with zero attached hydrogens (tertiary/aromatic N) is 2. The molecule has 146 valence electrons. The van der Waals surface area contributed by atoms with Crippen LogP contribution in [0, 0.1) is 0 Å². The van der Waals surface area contributed by atoms with Crippen molar-refractivity contribution in [1.29, 1.82) is 0 Å². The van der Waals surface area contributed by atoms with Gasteiger partial charge in [0.2, 0.25) is 0 Å². The lowest BCUT2D eigenvalue weighted by molar-refractivity contribution is -0.112. The van der Waals surface area contributed by atoms with E-state index in [4.69, 9.17) is 0 Å². The number of amides is 1. The summed E-state index contributed by atoms with van der Waals surface area (Å²) in [6.07, 6.45) is 9.24. The molecule has 1 aromatic rings. The normalized spacial score (nSPS) is 16.4. The fourth-order valence-electron chi connectivity index (χ4n) is 3.56. The van der Waals surface area contributed by atoms with Crippen LogP contribution in [0.4, 0.5) is 5.69 Å². The first-order valence-electron chi connectivity index (χ1n) is 10.4. The van der Waals surface area contributed by atoms with Gasteiger partial charge in [0.15, 0.2) is 5.17 Å². The lowest BCUT2D eigenvalue weighted by atomic mass is 10.1. The Morgan fingerprint density at radius 3 is 2.67 bits per heavy atom. The number of thioether (sulfide) groups is 1. The Bertz CT molecular complexity index is 709. The van der Waals surface area contributed by atoms with Gasteiger partial charge in [-0.15, -0.1) is 0 Å². The van der Waals surface area contributed by atoms with Crippen LogP contribution in [0.5, 0.6) is 0 Å². The standard InChI is InChI=1S/C22H31N3OS/c1-3-5-6-7-10-17-11-13-18(14-12-17)24-21(26)20-19(9-4-2)25-16-8-15-23-22(25)27-20/h11-14H,3-10,15-16H2,1-2H3,(H,24,26). The molecule has 0 unspecified atom stereocenters. The topological polar surface area (TPSA) is 44.7 Å². The first-order valence-corrected chi connectivity index (χ1v) is 11.2. The van der Waals surface area contributed by atoms with E-state index in [-0.39, 0.29) is 5.91 Å². The number of carbonyl (C=O) groups excluding carboxylic acids is 1. The Morgan fingerprint density at radius 1 is 1.11 bits per heavy atom. The number of hydrogen-bond acceptors (Lipinski definition) is 4. The quantitative estimate of drug-likeness (QED) is 0.565. The highest BCUT2D eigenvalue weighted by Crippen LogP contribution is 2.38. The number of amidine groups is 1. The van der Waals surface area contributed by atoms with Gasteiger partial charge in [-0.3, -0.25) is 9.79 Å². The van der Waals surface area contributed by atoms with Gasteiger partial charge in [-0.05, 0) is 55.1 Å². The van der Waals surface area contributed by atoms with E-state index in [0.29, 0.717) is 0 Å². The van der Waals surface area contributed by atoms with Crippen LogP contribution in [0.1, 0.15) is 64.4 Å². The molecule has 1 aromatic carbocycles. The summed E-state index contributed by atoms with van der Waals surface area (Å²) in [6.45, 7) is 6.24. The van der Waals surface area contributed by atoms with Gasteiger partial charge in [-0.2, -0.15) is 0 Å². The SMILES string of the molecule is CCCCCCc1ccc(NC(=O)C2=C(CCC)N3CCCN=C3S2)cc1. The minimum absolute atomic E-state index is 0.00348. The summed E-state index contributed by atoms with van der Waals surface area (Å²) in [5.41, 5.74) is 3.36. The zero-order valence-electron chi connectivity index (χ0n) is 16.6. The summed E-state index contributed by atoms with van der Waals surface area (Å²) < 4.78 is 0. The van der Waals surface area contributed by atoms with Crippen molar-refractivity contribution in [2.24, 2.45) is 4.99 Å². The second-order valence-corrected chi connectivity index (χ2v) is 8.24. The molecule has 4 nitrogen and oxygen atoms in total. The van der Waals surface area contributed by atoms with Crippen LogP contribution in [0.15, 0.2) is 39.9 Å². The zero-order chi connectivity index (χ0) is 19.1. The number of rotatable bonds is 9. The number of nitrogens with one attached hydrogen (secondary N) is 1. The molecule has 1 N–H and O–H groups in total. The number of aliphatic imine (C=N–C) groups is 1. The van der Waals surface area contributed by atoms with Gasteiger partial charge in [-0.25, -0.2) is 0 Å². The Balaban J connectivity index is 1.63. The summed E-state index contributed by atoms with van der Waals surface area (Å²) in [7, 11) is 0. The summed E-state index contributed by atoms with van der Waals surface area (Å²) in [5, 5.41) is 4.08. The minimum atomic E-state index is -0.00348. The van der Waals surface area contributed by atoms with Gasteiger partial charge in [0.25, 0.3) is 5.91 Å². The second-order valence-electron chi connectivity index (χ2n) is 7.26. The van der Waals surface area contributed by atoms with Crippen molar-refractivity contribution in [3.05, 3.63) is 40.4 Å². The van der Waals surface area contributed by atoms with Gasteiger partial charge in [0, 0.05) is 24.5 Å². The van der Waals surface area contributed by atoms with E-state index in [2.05, 4.69) is 41.2 Å². The molecule has 2 aliphatic heterocycles. The molecule has 0 atom stereocenters. The molecule has 0 fully saturated rings. The Hall–Kier alpha value is -1.75. The molecule has 0 aliphatic carbocycles. The van der Waals surface area contributed by atoms with Crippen LogP contribution >= 0.6 is 11.8 Å². The fraction of sp³-hybridized carbons (Fsp3) is 0.545. The van der Waals surface area contributed by atoms with Crippen molar-refractivity contribution in [3.8, 4) is 0 Å². The van der Waals surface area contributed by atoms with Crippen LogP contribution in [0.2, 0.25) is 0 Å². The van der Waals surface area contributed by atoms with Crippen LogP contribution < -0.4 is 5.32 Å². The molecule has 0 saturated heterocycles. The number of aryl methyl sites for hydroxylation is 1. The Morgan fingerprint density at radius 2 is 1.93 bits per heavy atom. The molecule has 2 aliphatic rings. The van der Waals surface area contributed by atoms with Crippen molar-refractivity contribution in [2.75, 3.05) is 18.4 Å². The Kier molecular flexibility index (Phi) is 7.39. The Labute approximate surface area is 167 Å². The maximum atomic E-state index is 12.9. The molecular formula is C22H31N3OS. The highest BCUT2D eigenvalue weighted by Gasteiger charge is 2.33. The highest BCUT2D eigenvalue weighted by atomic mass is 32.2. The lowest BCUT2D eigenvalue weighted by Gasteiger charge is -2.25. The smallest absolute Gasteiger partial charge is 0.264 e. The zero-order valence-corrected chi connectivity index (χ0v) is 17.4. The molecule has 0 saturated carbocycles. The van der Waals surface area contributed by atoms with Gasteiger partial charge >= 0.3 is 0 Å². The molecule has 0 bridgehead atoms. The number of benzene rings is 1. The molecule has 0 radical (unpaired) electrons. The first kappa shape index (κ1) is 20.0. The van der Waals surface area contributed by atoms with Crippen molar-refractivity contribution in [1.82, 2.24) is 4.90 Å². The average Bonchev–Trinajstić information content (AvgIpc) is 3.06. The average molecular weight is 386 g/mol. The largest absolute Gasteiger partial charge is 0.323 e. The third-order valence-electron chi connectivity index (χ3n) is 5.02. The van der Waals surface area contributed by atoms with E-state index in [9.17, 15) is 4.79 Å². The van der Waals surface area contributed by atoms with E-state index in [0.717, 1.165) is 60.2 Å². The maximum absolute atomic E-state index is 12.9. The van der Waals surface area contributed by atoms with E-state index >= 15 is 0 Å². The molecule has 2 heterocycles. The van der Waals surface area contributed by atoms with Crippen LogP contribution in [0.25, 0.3) is 0 Å². The van der Waals surface area contributed by atoms with E-state index in [1.165, 1.54) is 43.0 Å². The molecular weight excluding hydrogens is 354 g/mol. The monoisotopic (exact) mass is 385 g/mol. The minimum Gasteiger partial charge on any atom is -0.323 e. The first-order chi connectivity index (χ1) is 13.2. The third kappa shape index (κ3) is 5.16.